The molecule has 0 spiro atoms. The molecule has 1 heterocycles. The van der Waals surface area contributed by atoms with Gasteiger partial charge in [0.1, 0.15) is 0 Å². The SMILES string of the molecule is CN(C)c1ccc(Nc2ccc3c(ccn3C)c2)cc1. The molecule has 102 valence electrons. The Bertz CT molecular complexity index is 724. The van der Waals surface area contributed by atoms with E-state index in [0.29, 0.717) is 0 Å². The van der Waals surface area contributed by atoms with Crippen molar-refractivity contribution in [3.63, 3.8) is 0 Å². The molecule has 1 N–H and O–H groups in total. The second-order valence-corrected chi connectivity index (χ2v) is 5.27. The van der Waals surface area contributed by atoms with Crippen LogP contribution < -0.4 is 10.2 Å². The Kier molecular flexibility index (Phi) is 3.11. The molecule has 0 bridgehead atoms. The molecule has 3 nitrogen and oxygen atoms in total. The Balaban J connectivity index is 1.85. The summed E-state index contributed by atoms with van der Waals surface area (Å²) in [5, 5.41) is 4.70. The number of hydrogen-bond donors (Lipinski definition) is 1. The lowest BCUT2D eigenvalue weighted by atomic mass is 10.2. The number of aromatic nitrogens is 1. The summed E-state index contributed by atoms with van der Waals surface area (Å²) in [6.45, 7) is 0. The first-order valence-corrected chi connectivity index (χ1v) is 6.73. The third-order valence-electron chi connectivity index (χ3n) is 3.56. The van der Waals surface area contributed by atoms with Gasteiger partial charge in [-0.2, -0.15) is 0 Å². The van der Waals surface area contributed by atoms with Gasteiger partial charge in [0.15, 0.2) is 0 Å². The third kappa shape index (κ3) is 2.35. The monoisotopic (exact) mass is 265 g/mol. The fraction of sp³-hybridized carbons (Fsp3) is 0.176. The second-order valence-electron chi connectivity index (χ2n) is 5.27. The van der Waals surface area contributed by atoms with Gasteiger partial charge in [-0.25, -0.2) is 0 Å². The molecular weight excluding hydrogens is 246 g/mol. The molecule has 3 rings (SSSR count). The predicted molar refractivity (Wildman–Crippen MR) is 87.0 cm³/mol. The van der Waals surface area contributed by atoms with Gasteiger partial charge in [-0.3, -0.25) is 0 Å². The van der Waals surface area contributed by atoms with Crippen molar-refractivity contribution in [1.29, 1.82) is 0 Å². The van der Waals surface area contributed by atoms with Gasteiger partial charge in [0.2, 0.25) is 0 Å². The summed E-state index contributed by atoms with van der Waals surface area (Å²) in [6, 6.07) is 17.0. The molecule has 1 aromatic heterocycles. The zero-order valence-electron chi connectivity index (χ0n) is 12.1. The Morgan fingerprint density at radius 2 is 1.60 bits per heavy atom. The minimum Gasteiger partial charge on any atom is -0.378 e. The van der Waals surface area contributed by atoms with Gasteiger partial charge in [-0.05, 0) is 48.5 Å². The molecule has 3 aromatic rings. The number of aryl methyl sites for hydroxylation is 1. The average molecular weight is 265 g/mol. The predicted octanol–water partition coefficient (Wildman–Crippen LogP) is 3.99. The first kappa shape index (κ1) is 12.6. The minimum atomic E-state index is 1.10. The highest BCUT2D eigenvalue weighted by molar-refractivity contribution is 5.84. The highest BCUT2D eigenvalue weighted by atomic mass is 15.1. The van der Waals surface area contributed by atoms with Crippen molar-refractivity contribution in [3.05, 3.63) is 54.7 Å². The molecule has 20 heavy (non-hydrogen) atoms. The average Bonchev–Trinajstić information content (AvgIpc) is 2.81. The smallest absolute Gasteiger partial charge is 0.0479 e. The molecule has 0 aliphatic heterocycles. The lowest BCUT2D eigenvalue weighted by Crippen LogP contribution is -2.08. The molecule has 0 amide bonds. The molecular formula is C17H19N3. The maximum Gasteiger partial charge on any atom is 0.0479 e. The summed E-state index contributed by atoms with van der Waals surface area (Å²) in [5.41, 5.74) is 4.67. The van der Waals surface area contributed by atoms with Crippen molar-refractivity contribution < 1.29 is 0 Å². The van der Waals surface area contributed by atoms with E-state index in [2.05, 4.69) is 76.6 Å². The van der Waals surface area contributed by atoms with Gasteiger partial charge in [0.25, 0.3) is 0 Å². The van der Waals surface area contributed by atoms with Crippen LogP contribution in [-0.4, -0.2) is 18.7 Å². The molecule has 0 aliphatic carbocycles. The lowest BCUT2D eigenvalue weighted by Gasteiger charge is -2.13. The fourth-order valence-electron chi connectivity index (χ4n) is 2.37. The Morgan fingerprint density at radius 3 is 2.30 bits per heavy atom. The quantitative estimate of drug-likeness (QED) is 0.772. The molecule has 0 saturated heterocycles. The number of rotatable bonds is 3. The maximum absolute atomic E-state index is 3.44. The molecule has 0 atom stereocenters. The van der Waals surface area contributed by atoms with E-state index in [4.69, 9.17) is 0 Å². The van der Waals surface area contributed by atoms with Gasteiger partial charge < -0.3 is 14.8 Å². The number of anilines is 3. The van der Waals surface area contributed by atoms with Crippen LogP contribution in [0.3, 0.4) is 0 Å². The van der Waals surface area contributed by atoms with Crippen molar-refractivity contribution in [2.75, 3.05) is 24.3 Å². The summed E-state index contributed by atoms with van der Waals surface area (Å²) in [6.07, 6.45) is 2.08. The highest BCUT2D eigenvalue weighted by Crippen LogP contribution is 2.24. The second kappa shape index (κ2) is 4.93. The van der Waals surface area contributed by atoms with Crippen LogP contribution in [0.2, 0.25) is 0 Å². The molecule has 2 aromatic carbocycles. The number of nitrogens with zero attached hydrogens (tertiary/aromatic N) is 2. The van der Waals surface area contributed by atoms with E-state index in [9.17, 15) is 0 Å². The highest BCUT2D eigenvalue weighted by Gasteiger charge is 2.01. The van der Waals surface area contributed by atoms with Crippen LogP contribution in [0.15, 0.2) is 54.7 Å². The minimum absolute atomic E-state index is 1.10. The lowest BCUT2D eigenvalue weighted by molar-refractivity contribution is 0.969. The summed E-state index contributed by atoms with van der Waals surface area (Å²) in [4.78, 5) is 2.10. The van der Waals surface area contributed by atoms with Crippen molar-refractivity contribution in [3.8, 4) is 0 Å². The van der Waals surface area contributed by atoms with Crippen LogP contribution in [0.25, 0.3) is 10.9 Å². The van der Waals surface area contributed by atoms with E-state index in [-0.39, 0.29) is 0 Å². The zero-order valence-corrected chi connectivity index (χ0v) is 12.1. The van der Waals surface area contributed by atoms with Crippen LogP contribution in [0, 0.1) is 0 Å². The van der Waals surface area contributed by atoms with Crippen LogP contribution in [0.1, 0.15) is 0 Å². The largest absolute Gasteiger partial charge is 0.378 e. The molecule has 0 unspecified atom stereocenters. The van der Waals surface area contributed by atoms with Gasteiger partial charge >= 0.3 is 0 Å². The molecule has 3 heteroatoms. The van der Waals surface area contributed by atoms with Crippen LogP contribution in [0.5, 0.6) is 0 Å². The number of hydrogen-bond acceptors (Lipinski definition) is 2. The number of nitrogens with one attached hydrogen (secondary N) is 1. The van der Waals surface area contributed by atoms with Crippen LogP contribution in [0.4, 0.5) is 17.1 Å². The maximum atomic E-state index is 3.44. The molecule has 0 radical (unpaired) electrons. The van der Waals surface area contributed by atoms with Crippen molar-refractivity contribution in [2.24, 2.45) is 7.05 Å². The van der Waals surface area contributed by atoms with Crippen LogP contribution >= 0.6 is 0 Å². The van der Waals surface area contributed by atoms with Gasteiger partial charge in [-0.1, -0.05) is 0 Å². The van der Waals surface area contributed by atoms with E-state index in [1.807, 2.05) is 14.1 Å². The van der Waals surface area contributed by atoms with Gasteiger partial charge in [0.05, 0.1) is 0 Å². The molecule has 0 aliphatic rings. The Morgan fingerprint density at radius 1 is 0.900 bits per heavy atom. The summed E-state index contributed by atoms with van der Waals surface area (Å²) in [5.74, 6) is 0. The van der Waals surface area contributed by atoms with Gasteiger partial charge in [0, 0.05) is 55.3 Å². The Labute approximate surface area is 119 Å². The zero-order chi connectivity index (χ0) is 14.1. The van der Waals surface area contributed by atoms with Crippen molar-refractivity contribution >= 4 is 28.0 Å². The summed E-state index contributed by atoms with van der Waals surface area (Å²) < 4.78 is 2.13. The van der Waals surface area contributed by atoms with E-state index in [1.165, 1.54) is 16.6 Å². The first-order valence-electron chi connectivity index (χ1n) is 6.73. The van der Waals surface area contributed by atoms with Crippen LogP contribution in [-0.2, 0) is 7.05 Å². The molecule has 0 saturated carbocycles. The van der Waals surface area contributed by atoms with Crippen molar-refractivity contribution in [1.82, 2.24) is 4.57 Å². The van der Waals surface area contributed by atoms with E-state index < -0.39 is 0 Å². The normalized spacial score (nSPS) is 10.8. The van der Waals surface area contributed by atoms with E-state index in [1.54, 1.807) is 0 Å². The molecule has 0 fully saturated rings. The topological polar surface area (TPSA) is 20.2 Å². The number of fused-ring (bicyclic) bond motifs is 1. The van der Waals surface area contributed by atoms with E-state index in [0.717, 1.165) is 11.4 Å². The standard InChI is InChI=1S/C17H19N3/c1-19(2)16-7-4-14(5-8-16)18-15-6-9-17-13(12-15)10-11-20(17)3/h4-12,18H,1-3H3. The van der Waals surface area contributed by atoms with E-state index >= 15 is 0 Å². The third-order valence-corrected chi connectivity index (χ3v) is 3.56. The summed E-state index contributed by atoms with van der Waals surface area (Å²) in [7, 11) is 6.16. The first-order chi connectivity index (χ1) is 9.63. The van der Waals surface area contributed by atoms with Gasteiger partial charge in [-0.15, -0.1) is 0 Å². The van der Waals surface area contributed by atoms with Crippen molar-refractivity contribution in [2.45, 2.75) is 0 Å². The Hall–Kier alpha value is -2.42. The fourth-order valence-corrected chi connectivity index (χ4v) is 2.37. The number of benzene rings is 2. The summed E-state index contributed by atoms with van der Waals surface area (Å²) >= 11 is 0.